The smallest absolute Gasteiger partial charge is 0.236 e. The average molecular weight is 287 g/mol. The van der Waals surface area contributed by atoms with Crippen LogP contribution in [0.3, 0.4) is 0 Å². The third-order valence-electron chi connectivity index (χ3n) is 2.86. The highest BCUT2D eigenvalue weighted by Crippen LogP contribution is 2.29. The molecule has 98 valence electrons. The van der Waals surface area contributed by atoms with Crippen LogP contribution in [0, 0.1) is 0 Å². The molecule has 5 heteroatoms. The van der Waals surface area contributed by atoms with Crippen molar-refractivity contribution in [1.82, 2.24) is 0 Å². The standard InChI is InChI=1S/C13H15ClO3S/c1-2-3-7-13-11(9-18(14,15)16)10-6-4-5-8-12(10)17-13/h4-6,8H,2-3,7,9H2,1H3. The molecule has 0 bridgehead atoms. The van der Waals surface area contributed by atoms with Crippen molar-refractivity contribution in [3.8, 4) is 0 Å². The van der Waals surface area contributed by atoms with Gasteiger partial charge in [0.05, 0.1) is 5.75 Å². The minimum absolute atomic E-state index is 0.176. The van der Waals surface area contributed by atoms with Gasteiger partial charge in [0.15, 0.2) is 0 Å². The molecule has 0 N–H and O–H groups in total. The van der Waals surface area contributed by atoms with E-state index < -0.39 is 9.05 Å². The lowest BCUT2D eigenvalue weighted by molar-refractivity contribution is 0.531. The molecule has 0 aliphatic heterocycles. The van der Waals surface area contributed by atoms with Crippen LogP contribution in [-0.4, -0.2) is 8.42 Å². The van der Waals surface area contributed by atoms with Crippen LogP contribution in [0.4, 0.5) is 0 Å². The maximum atomic E-state index is 11.3. The summed E-state index contributed by atoms with van der Waals surface area (Å²) < 4.78 is 28.3. The molecular weight excluding hydrogens is 272 g/mol. The lowest BCUT2D eigenvalue weighted by Gasteiger charge is -2.00. The zero-order chi connectivity index (χ0) is 13.2. The summed E-state index contributed by atoms with van der Waals surface area (Å²) in [5.74, 6) is 0.562. The van der Waals surface area contributed by atoms with Crippen molar-refractivity contribution in [3.63, 3.8) is 0 Å². The Morgan fingerprint density at radius 2 is 2.00 bits per heavy atom. The monoisotopic (exact) mass is 286 g/mol. The molecule has 0 radical (unpaired) electrons. The summed E-state index contributed by atoms with van der Waals surface area (Å²) in [5, 5.41) is 0.841. The van der Waals surface area contributed by atoms with Crippen molar-refractivity contribution in [1.29, 1.82) is 0 Å². The van der Waals surface area contributed by atoms with Crippen LogP contribution in [-0.2, 0) is 21.2 Å². The molecule has 1 aromatic heterocycles. The molecule has 2 rings (SSSR count). The zero-order valence-electron chi connectivity index (χ0n) is 10.1. The highest BCUT2D eigenvalue weighted by atomic mass is 35.7. The first-order chi connectivity index (χ1) is 8.51. The summed E-state index contributed by atoms with van der Waals surface area (Å²) in [7, 11) is 1.79. The SMILES string of the molecule is CCCCc1oc2ccccc2c1CS(=O)(=O)Cl. The molecule has 0 saturated heterocycles. The van der Waals surface area contributed by atoms with Crippen molar-refractivity contribution in [3.05, 3.63) is 35.6 Å². The van der Waals surface area contributed by atoms with E-state index in [0.29, 0.717) is 5.56 Å². The van der Waals surface area contributed by atoms with Gasteiger partial charge in [-0.2, -0.15) is 0 Å². The first-order valence-corrected chi connectivity index (χ1v) is 8.40. The van der Waals surface area contributed by atoms with Gasteiger partial charge >= 0.3 is 0 Å². The summed E-state index contributed by atoms with van der Waals surface area (Å²) >= 11 is 0. The van der Waals surface area contributed by atoms with E-state index in [4.69, 9.17) is 15.1 Å². The molecule has 0 aliphatic carbocycles. The summed E-state index contributed by atoms with van der Waals surface area (Å²) in [5.41, 5.74) is 1.42. The lowest BCUT2D eigenvalue weighted by atomic mass is 10.1. The van der Waals surface area contributed by atoms with Crippen LogP contribution in [0.25, 0.3) is 11.0 Å². The molecule has 0 aliphatic rings. The first-order valence-electron chi connectivity index (χ1n) is 5.93. The van der Waals surface area contributed by atoms with Crippen molar-refractivity contribution >= 4 is 30.7 Å². The average Bonchev–Trinajstić information content (AvgIpc) is 2.63. The Hall–Kier alpha value is -1.00. The Labute approximate surface area is 111 Å². The fourth-order valence-corrected chi connectivity index (χ4v) is 3.01. The van der Waals surface area contributed by atoms with Crippen LogP contribution < -0.4 is 0 Å². The molecule has 0 spiro atoms. The Balaban J connectivity index is 2.50. The van der Waals surface area contributed by atoms with Crippen molar-refractivity contribution in [2.45, 2.75) is 31.9 Å². The van der Waals surface area contributed by atoms with Gasteiger partial charge in [0.2, 0.25) is 9.05 Å². The van der Waals surface area contributed by atoms with Crippen molar-refractivity contribution < 1.29 is 12.8 Å². The predicted molar refractivity (Wildman–Crippen MR) is 73.3 cm³/mol. The Kier molecular flexibility index (Phi) is 3.97. The van der Waals surface area contributed by atoms with E-state index in [1.807, 2.05) is 24.3 Å². The number of unbranched alkanes of at least 4 members (excludes halogenated alkanes) is 1. The zero-order valence-corrected chi connectivity index (χ0v) is 11.7. The van der Waals surface area contributed by atoms with E-state index in [0.717, 1.165) is 36.0 Å². The minimum Gasteiger partial charge on any atom is -0.461 e. The molecule has 1 heterocycles. The largest absolute Gasteiger partial charge is 0.461 e. The van der Waals surface area contributed by atoms with Crippen LogP contribution in [0.1, 0.15) is 31.1 Å². The second kappa shape index (κ2) is 5.33. The normalized spacial score (nSPS) is 12.1. The van der Waals surface area contributed by atoms with E-state index >= 15 is 0 Å². The molecule has 0 fully saturated rings. The second-order valence-electron chi connectivity index (χ2n) is 4.29. The van der Waals surface area contributed by atoms with Gasteiger partial charge in [0, 0.05) is 28.1 Å². The topological polar surface area (TPSA) is 47.3 Å². The lowest BCUT2D eigenvalue weighted by Crippen LogP contribution is -1.98. The summed E-state index contributed by atoms with van der Waals surface area (Å²) in [6, 6.07) is 7.45. The number of furan rings is 1. The fourth-order valence-electron chi connectivity index (χ4n) is 2.02. The highest BCUT2D eigenvalue weighted by molar-refractivity contribution is 8.13. The Morgan fingerprint density at radius 3 is 2.67 bits per heavy atom. The summed E-state index contributed by atoms with van der Waals surface area (Å²) in [6.45, 7) is 2.08. The molecule has 0 atom stereocenters. The molecule has 3 nitrogen and oxygen atoms in total. The third-order valence-corrected chi connectivity index (χ3v) is 3.82. The maximum absolute atomic E-state index is 11.3. The summed E-state index contributed by atoms with van der Waals surface area (Å²) in [4.78, 5) is 0. The minimum atomic E-state index is -3.57. The third kappa shape index (κ3) is 3.06. The molecule has 2 aromatic rings. The molecule has 18 heavy (non-hydrogen) atoms. The van der Waals surface area contributed by atoms with Crippen LogP contribution in [0.15, 0.2) is 28.7 Å². The molecule has 1 aromatic carbocycles. The van der Waals surface area contributed by atoms with Crippen molar-refractivity contribution in [2.75, 3.05) is 0 Å². The van der Waals surface area contributed by atoms with Gasteiger partial charge in [-0.3, -0.25) is 0 Å². The maximum Gasteiger partial charge on any atom is 0.236 e. The van der Waals surface area contributed by atoms with Crippen LogP contribution in [0.2, 0.25) is 0 Å². The number of rotatable bonds is 5. The number of hydrogen-bond donors (Lipinski definition) is 0. The van der Waals surface area contributed by atoms with Gasteiger partial charge in [0.1, 0.15) is 11.3 Å². The number of para-hydroxylation sites is 1. The highest BCUT2D eigenvalue weighted by Gasteiger charge is 2.18. The van der Waals surface area contributed by atoms with E-state index in [1.165, 1.54) is 0 Å². The van der Waals surface area contributed by atoms with Crippen molar-refractivity contribution in [2.24, 2.45) is 0 Å². The van der Waals surface area contributed by atoms with Gasteiger partial charge in [-0.15, -0.1) is 0 Å². The number of fused-ring (bicyclic) bond motifs is 1. The van der Waals surface area contributed by atoms with Gasteiger partial charge in [-0.25, -0.2) is 8.42 Å². The second-order valence-corrected chi connectivity index (χ2v) is 7.06. The van der Waals surface area contributed by atoms with E-state index in [9.17, 15) is 8.42 Å². The van der Waals surface area contributed by atoms with Gasteiger partial charge in [-0.1, -0.05) is 31.5 Å². The number of halogens is 1. The molecule has 0 unspecified atom stereocenters. The van der Waals surface area contributed by atoms with Crippen LogP contribution >= 0.6 is 10.7 Å². The fraction of sp³-hybridized carbons (Fsp3) is 0.385. The van der Waals surface area contributed by atoms with Gasteiger partial charge in [-0.05, 0) is 12.5 Å². The predicted octanol–water partition coefficient (Wildman–Crippen LogP) is 3.84. The Morgan fingerprint density at radius 1 is 1.28 bits per heavy atom. The molecule has 0 amide bonds. The number of hydrogen-bond acceptors (Lipinski definition) is 3. The quantitative estimate of drug-likeness (QED) is 0.785. The number of aryl methyl sites for hydroxylation is 1. The van der Waals surface area contributed by atoms with Crippen LogP contribution in [0.5, 0.6) is 0 Å². The van der Waals surface area contributed by atoms with Gasteiger partial charge < -0.3 is 4.42 Å². The van der Waals surface area contributed by atoms with E-state index in [2.05, 4.69) is 6.92 Å². The Bertz CT molecular complexity index is 643. The van der Waals surface area contributed by atoms with E-state index in [-0.39, 0.29) is 5.75 Å². The number of benzene rings is 1. The molecular formula is C13H15ClO3S. The van der Waals surface area contributed by atoms with Gasteiger partial charge in [0.25, 0.3) is 0 Å². The van der Waals surface area contributed by atoms with E-state index in [1.54, 1.807) is 0 Å². The first kappa shape index (κ1) is 13.4. The summed E-state index contributed by atoms with van der Waals surface area (Å²) in [6.07, 6.45) is 2.74. The molecule has 0 saturated carbocycles.